The Balaban J connectivity index is 0.00000338. The van der Waals surface area contributed by atoms with Crippen LogP contribution in [0, 0.1) is 0 Å². The minimum atomic E-state index is -0.219. The second kappa shape index (κ2) is 10.8. The van der Waals surface area contributed by atoms with E-state index in [1.54, 1.807) is 6.07 Å². The molecule has 2 aromatic rings. The first-order valence-electron chi connectivity index (χ1n) is 8.04. The molecule has 0 aliphatic carbocycles. The Bertz CT molecular complexity index is 743. The maximum atomic E-state index is 12.3. The van der Waals surface area contributed by atoms with Crippen molar-refractivity contribution in [3.63, 3.8) is 0 Å². The Morgan fingerprint density at radius 1 is 1.08 bits per heavy atom. The van der Waals surface area contributed by atoms with E-state index in [2.05, 4.69) is 0 Å². The van der Waals surface area contributed by atoms with Gasteiger partial charge in [0, 0.05) is 29.7 Å². The molecule has 7 heteroatoms. The molecular weight excluding hydrogens is 363 g/mol. The molecule has 0 saturated carbocycles. The summed E-state index contributed by atoms with van der Waals surface area (Å²) in [7, 11) is 1.43. The summed E-state index contributed by atoms with van der Waals surface area (Å²) in [6, 6.07) is 7.25. The van der Waals surface area contributed by atoms with Crippen molar-refractivity contribution in [3.8, 4) is 28.7 Å². The number of carbonyl (C=O) groups excluding carboxylic acids is 1. The zero-order valence-corrected chi connectivity index (χ0v) is 18.4. The molecule has 0 heterocycles. The summed E-state index contributed by atoms with van der Waals surface area (Å²) in [6.45, 7) is 2.44. The van der Waals surface area contributed by atoms with Gasteiger partial charge in [-0.15, -0.1) is 0 Å². The van der Waals surface area contributed by atoms with Crippen LogP contribution in [-0.2, 0) is 6.42 Å². The zero-order valence-electron chi connectivity index (χ0n) is 16.3. The van der Waals surface area contributed by atoms with Crippen LogP contribution in [0.5, 0.6) is 28.7 Å². The van der Waals surface area contributed by atoms with E-state index in [1.165, 1.54) is 31.4 Å². The fourth-order valence-corrected chi connectivity index (χ4v) is 2.42. The number of aromatic hydroxyl groups is 3. The van der Waals surface area contributed by atoms with Crippen LogP contribution in [0.15, 0.2) is 30.3 Å². The Morgan fingerprint density at radius 2 is 1.73 bits per heavy atom. The van der Waals surface area contributed by atoms with E-state index in [9.17, 15) is 20.1 Å². The first-order valence-corrected chi connectivity index (χ1v) is 8.04. The van der Waals surface area contributed by atoms with Gasteiger partial charge in [0.15, 0.2) is 17.3 Å². The standard InChI is InChI=1S/C19H22O6.K.H/c1-3-8-25-13-10-16(21)14(17(22)11-13)5-6-15(20)12-4-7-19(24-2)18(23)9-12;;/h4,7,9-11,21-23H,3,5-6,8H2,1-2H3;;/q;+1;-1. The Labute approximate surface area is 196 Å². The molecule has 6 nitrogen and oxygen atoms in total. The molecule has 0 bridgehead atoms. The molecule has 2 rings (SSSR count). The number of phenols is 3. The first-order chi connectivity index (χ1) is 12.0. The predicted octanol–water partition coefficient (Wildman–Crippen LogP) is 0.533. The molecule has 0 saturated heterocycles. The first kappa shape index (κ1) is 22.8. The summed E-state index contributed by atoms with van der Waals surface area (Å²) in [6.07, 6.45) is 1.05. The van der Waals surface area contributed by atoms with E-state index in [4.69, 9.17) is 9.47 Å². The van der Waals surface area contributed by atoms with Crippen LogP contribution in [0.25, 0.3) is 0 Å². The van der Waals surface area contributed by atoms with E-state index in [1.807, 2.05) is 6.92 Å². The molecule has 0 aliphatic rings. The van der Waals surface area contributed by atoms with Gasteiger partial charge in [-0.05, 0) is 31.0 Å². The number of ketones is 1. The molecule has 0 unspecified atom stereocenters. The van der Waals surface area contributed by atoms with Crippen molar-refractivity contribution in [1.29, 1.82) is 0 Å². The van der Waals surface area contributed by atoms with Crippen LogP contribution >= 0.6 is 0 Å². The van der Waals surface area contributed by atoms with Crippen molar-refractivity contribution < 1.29 is 82.4 Å². The molecule has 0 aromatic heterocycles. The number of methoxy groups -OCH3 is 1. The van der Waals surface area contributed by atoms with Crippen molar-refractivity contribution in [1.82, 2.24) is 0 Å². The van der Waals surface area contributed by atoms with E-state index in [0.717, 1.165) is 6.42 Å². The number of phenolic OH excluding ortho intramolecular Hbond substituents is 3. The molecule has 136 valence electrons. The van der Waals surface area contributed by atoms with Gasteiger partial charge in [-0.25, -0.2) is 0 Å². The molecule has 0 amide bonds. The van der Waals surface area contributed by atoms with E-state index < -0.39 is 0 Å². The molecule has 0 aliphatic heterocycles. The summed E-state index contributed by atoms with van der Waals surface area (Å²) >= 11 is 0. The van der Waals surface area contributed by atoms with Crippen LogP contribution < -0.4 is 60.9 Å². The SMILES string of the molecule is CCCOc1cc(O)c(CCC(=O)c2ccc(OC)c(O)c2)c(O)c1.[H-].[K+]. The number of benzene rings is 2. The van der Waals surface area contributed by atoms with E-state index in [0.29, 0.717) is 17.9 Å². The molecule has 3 N–H and O–H groups in total. The summed E-state index contributed by atoms with van der Waals surface area (Å²) < 4.78 is 10.3. The van der Waals surface area contributed by atoms with Gasteiger partial charge in [0.1, 0.15) is 17.2 Å². The smallest absolute Gasteiger partial charge is 1.00 e. The molecule has 26 heavy (non-hydrogen) atoms. The van der Waals surface area contributed by atoms with Crippen molar-refractivity contribution in [2.75, 3.05) is 13.7 Å². The van der Waals surface area contributed by atoms with Crippen LogP contribution in [0.1, 0.15) is 37.1 Å². The normalized spacial score (nSPS) is 10.1. The number of Topliss-reactive ketones (excluding diaryl/α,β-unsaturated/α-hetero) is 1. The molecular formula is C19H23KO6. The molecule has 0 spiro atoms. The number of rotatable bonds is 8. The number of carbonyl (C=O) groups is 1. The Kier molecular flexibility index (Phi) is 9.46. The third kappa shape index (κ3) is 5.89. The summed E-state index contributed by atoms with van der Waals surface area (Å²) in [5.41, 5.74) is 0.620. The number of hydrogen-bond donors (Lipinski definition) is 3. The van der Waals surface area contributed by atoms with Gasteiger partial charge >= 0.3 is 51.4 Å². The van der Waals surface area contributed by atoms with E-state index >= 15 is 0 Å². The van der Waals surface area contributed by atoms with Crippen molar-refractivity contribution in [3.05, 3.63) is 41.5 Å². The molecule has 0 atom stereocenters. The largest absolute Gasteiger partial charge is 1.00 e. The van der Waals surface area contributed by atoms with Gasteiger partial charge in [0.05, 0.1) is 13.7 Å². The zero-order chi connectivity index (χ0) is 18.4. The second-order valence-electron chi connectivity index (χ2n) is 5.60. The third-order valence-corrected chi connectivity index (χ3v) is 3.75. The van der Waals surface area contributed by atoms with Crippen LogP contribution in [-0.4, -0.2) is 34.8 Å². The average molecular weight is 386 g/mol. The maximum absolute atomic E-state index is 12.3. The van der Waals surface area contributed by atoms with Crippen LogP contribution in [0.2, 0.25) is 0 Å². The fraction of sp³-hybridized carbons (Fsp3) is 0.316. The molecule has 2 aromatic carbocycles. The minimum Gasteiger partial charge on any atom is -1.00 e. The summed E-state index contributed by atoms with van der Waals surface area (Å²) in [5.74, 6) is 0.106. The predicted molar refractivity (Wildman–Crippen MR) is 94.0 cm³/mol. The number of ether oxygens (including phenoxy) is 2. The van der Waals surface area contributed by atoms with Gasteiger partial charge in [-0.1, -0.05) is 6.92 Å². The van der Waals surface area contributed by atoms with Crippen LogP contribution in [0.3, 0.4) is 0 Å². The Hall–Kier alpha value is -1.25. The minimum absolute atomic E-state index is 0. The van der Waals surface area contributed by atoms with Crippen molar-refractivity contribution in [2.24, 2.45) is 0 Å². The number of hydrogen-bond acceptors (Lipinski definition) is 6. The van der Waals surface area contributed by atoms with Gasteiger partial charge < -0.3 is 26.2 Å². The quantitative estimate of drug-likeness (QED) is 0.453. The Morgan fingerprint density at radius 3 is 2.27 bits per heavy atom. The van der Waals surface area contributed by atoms with E-state index in [-0.39, 0.29) is 100.0 Å². The van der Waals surface area contributed by atoms with Crippen molar-refractivity contribution >= 4 is 5.78 Å². The average Bonchev–Trinajstić information content (AvgIpc) is 2.58. The van der Waals surface area contributed by atoms with Crippen molar-refractivity contribution in [2.45, 2.75) is 26.2 Å². The van der Waals surface area contributed by atoms with Gasteiger partial charge in [-0.2, -0.15) is 0 Å². The van der Waals surface area contributed by atoms with Gasteiger partial charge in [0.2, 0.25) is 0 Å². The van der Waals surface area contributed by atoms with Gasteiger partial charge in [0.25, 0.3) is 0 Å². The molecule has 0 radical (unpaired) electrons. The second-order valence-corrected chi connectivity index (χ2v) is 5.60. The monoisotopic (exact) mass is 386 g/mol. The summed E-state index contributed by atoms with van der Waals surface area (Å²) in [5, 5.41) is 29.9. The topological polar surface area (TPSA) is 96.2 Å². The third-order valence-electron chi connectivity index (χ3n) is 3.75. The molecule has 0 fully saturated rings. The fourth-order valence-electron chi connectivity index (χ4n) is 2.42. The van der Waals surface area contributed by atoms with Crippen LogP contribution in [0.4, 0.5) is 0 Å². The summed E-state index contributed by atoms with van der Waals surface area (Å²) in [4.78, 5) is 12.3. The maximum Gasteiger partial charge on any atom is 1.00 e. The van der Waals surface area contributed by atoms with Gasteiger partial charge in [-0.3, -0.25) is 4.79 Å².